The summed E-state index contributed by atoms with van der Waals surface area (Å²) in [6, 6.07) is 12.5. The van der Waals surface area contributed by atoms with Crippen molar-refractivity contribution in [2.75, 3.05) is 5.32 Å². The first kappa shape index (κ1) is 21.8. The smallest absolute Gasteiger partial charge is 0.335 e. The van der Waals surface area contributed by atoms with Gasteiger partial charge in [0.1, 0.15) is 0 Å². The van der Waals surface area contributed by atoms with Crippen LogP contribution < -0.4 is 5.32 Å². The van der Waals surface area contributed by atoms with Crippen LogP contribution in [0.25, 0.3) is 16.6 Å². The van der Waals surface area contributed by atoms with Gasteiger partial charge >= 0.3 is 5.97 Å². The highest BCUT2D eigenvalue weighted by atomic mass is 32.2. The van der Waals surface area contributed by atoms with E-state index in [-0.39, 0.29) is 11.5 Å². The molecule has 0 aliphatic rings. The van der Waals surface area contributed by atoms with Gasteiger partial charge in [-0.25, -0.2) is 4.79 Å². The quantitative estimate of drug-likeness (QED) is 0.402. The maximum Gasteiger partial charge on any atom is 0.335 e. The molecule has 4 rings (SSSR count). The molecule has 0 spiro atoms. The van der Waals surface area contributed by atoms with E-state index in [1.165, 1.54) is 29.5 Å². The van der Waals surface area contributed by atoms with Gasteiger partial charge in [0, 0.05) is 11.1 Å². The van der Waals surface area contributed by atoms with Crippen molar-refractivity contribution in [2.24, 2.45) is 0 Å². The van der Waals surface area contributed by atoms with Crippen LogP contribution in [-0.4, -0.2) is 36.8 Å². The largest absolute Gasteiger partial charge is 0.478 e. The number of rotatable bonds is 6. The van der Waals surface area contributed by atoms with Crippen LogP contribution in [0.15, 0.2) is 47.6 Å². The maximum atomic E-state index is 13.0. The van der Waals surface area contributed by atoms with Gasteiger partial charge in [-0.05, 0) is 68.7 Å². The van der Waals surface area contributed by atoms with Gasteiger partial charge < -0.3 is 10.4 Å². The van der Waals surface area contributed by atoms with Crippen molar-refractivity contribution in [3.63, 3.8) is 0 Å². The molecule has 164 valence electrons. The van der Waals surface area contributed by atoms with Gasteiger partial charge in [0.15, 0.2) is 10.8 Å². The van der Waals surface area contributed by atoms with Gasteiger partial charge in [-0.1, -0.05) is 36.4 Å². The number of hydrogen-bond donors (Lipinski definition) is 2. The molecular formula is C24H24N4O3S. The number of benzene rings is 2. The summed E-state index contributed by atoms with van der Waals surface area (Å²) in [5.41, 5.74) is 5.81. The summed E-state index contributed by atoms with van der Waals surface area (Å²) >= 11 is 1.36. The second kappa shape index (κ2) is 8.63. The van der Waals surface area contributed by atoms with E-state index >= 15 is 0 Å². The number of hydrogen-bond acceptors (Lipinski definition) is 5. The van der Waals surface area contributed by atoms with Crippen molar-refractivity contribution < 1.29 is 14.7 Å². The molecule has 32 heavy (non-hydrogen) atoms. The van der Waals surface area contributed by atoms with Crippen molar-refractivity contribution >= 4 is 45.9 Å². The Hall–Kier alpha value is -3.39. The topological polar surface area (TPSA) is 96.6 Å². The first-order valence-electron chi connectivity index (χ1n) is 10.3. The number of amides is 1. The van der Waals surface area contributed by atoms with Gasteiger partial charge in [-0.3, -0.25) is 9.20 Å². The average molecular weight is 449 g/mol. The predicted octanol–water partition coefficient (Wildman–Crippen LogP) is 5.02. The second-order valence-corrected chi connectivity index (χ2v) is 9.04. The molecule has 0 radical (unpaired) electrons. The fourth-order valence-electron chi connectivity index (χ4n) is 3.89. The Morgan fingerprint density at radius 3 is 2.59 bits per heavy atom. The predicted molar refractivity (Wildman–Crippen MR) is 127 cm³/mol. The van der Waals surface area contributed by atoms with Crippen molar-refractivity contribution in [1.82, 2.24) is 14.6 Å². The number of anilines is 1. The van der Waals surface area contributed by atoms with Crippen LogP contribution in [0, 0.1) is 20.8 Å². The fourth-order valence-corrected chi connectivity index (χ4v) is 4.86. The molecule has 1 atom stereocenters. The monoisotopic (exact) mass is 448 g/mol. The highest BCUT2D eigenvalue weighted by Gasteiger charge is 2.23. The minimum atomic E-state index is -1.04. The first-order chi connectivity index (χ1) is 15.3. The number of aryl methyl sites for hydroxylation is 3. The molecule has 1 amide bonds. The lowest BCUT2D eigenvalue weighted by atomic mass is 10.0. The molecule has 0 aliphatic heterocycles. The number of carboxylic acids is 1. The highest BCUT2D eigenvalue weighted by molar-refractivity contribution is 8.00. The Balaban J connectivity index is 1.69. The molecule has 8 heteroatoms. The molecule has 0 fully saturated rings. The Morgan fingerprint density at radius 2 is 1.88 bits per heavy atom. The lowest BCUT2D eigenvalue weighted by molar-refractivity contribution is -0.115. The Morgan fingerprint density at radius 1 is 1.09 bits per heavy atom. The molecule has 2 N–H and O–H groups in total. The second-order valence-electron chi connectivity index (χ2n) is 7.87. The number of nitrogens with one attached hydrogen (secondary N) is 1. The molecule has 2 heterocycles. The molecule has 0 saturated heterocycles. The van der Waals surface area contributed by atoms with E-state index < -0.39 is 11.2 Å². The zero-order valence-electron chi connectivity index (χ0n) is 18.3. The SMILES string of the molecule is CCC(Sc1nnc2cc(C)c3cc(C)cc(C)c3n12)C(=O)Nc1cccc(C(=O)O)c1. The molecule has 0 aliphatic carbocycles. The summed E-state index contributed by atoms with van der Waals surface area (Å²) in [4.78, 5) is 24.2. The lowest BCUT2D eigenvalue weighted by Crippen LogP contribution is -2.25. The molecule has 2 aromatic heterocycles. The van der Waals surface area contributed by atoms with Crippen LogP contribution in [0.4, 0.5) is 5.69 Å². The highest BCUT2D eigenvalue weighted by Crippen LogP contribution is 2.31. The van der Waals surface area contributed by atoms with Crippen LogP contribution in [-0.2, 0) is 4.79 Å². The Kier molecular flexibility index (Phi) is 5.88. The minimum absolute atomic E-state index is 0.125. The van der Waals surface area contributed by atoms with E-state index in [1.54, 1.807) is 12.1 Å². The number of aromatic nitrogens is 3. The van der Waals surface area contributed by atoms with E-state index in [2.05, 4.69) is 48.4 Å². The van der Waals surface area contributed by atoms with E-state index in [4.69, 9.17) is 0 Å². The molecule has 0 bridgehead atoms. The third-order valence-electron chi connectivity index (χ3n) is 5.39. The van der Waals surface area contributed by atoms with Gasteiger partial charge in [-0.15, -0.1) is 10.2 Å². The average Bonchev–Trinajstić information content (AvgIpc) is 3.14. The van der Waals surface area contributed by atoms with Crippen LogP contribution in [0.5, 0.6) is 0 Å². The fraction of sp³-hybridized carbons (Fsp3) is 0.250. The summed E-state index contributed by atoms with van der Waals surface area (Å²) in [7, 11) is 0. The molecule has 2 aromatic carbocycles. The number of carboxylic acid groups (broad SMARTS) is 1. The number of aromatic carboxylic acids is 1. The van der Waals surface area contributed by atoms with Crippen molar-refractivity contribution in [1.29, 1.82) is 0 Å². The number of fused-ring (bicyclic) bond motifs is 3. The van der Waals surface area contributed by atoms with Gasteiger partial charge in [0.2, 0.25) is 5.91 Å². The van der Waals surface area contributed by atoms with Crippen molar-refractivity contribution in [3.8, 4) is 0 Å². The number of pyridine rings is 1. The lowest BCUT2D eigenvalue weighted by Gasteiger charge is -2.15. The van der Waals surface area contributed by atoms with E-state index in [0.29, 0.717) is 17.3 Å². The van der Waals surface area contributed by atoms with Crippen LogP contribution in [0.2, 0.25) is 0 Å². The minimum Gasteiger partial charge on any atom is -0.478 e. The molecule has 0 saturated carbocycles. The number of thioether (sulfide) groups is 1. The first-order valence-corrected chi connectivity index (χ1v) is 11.2. The van der Waals surface area contributed by atoms with Gasteiger partial charge in [0.25, 0.3) is 0 Å². The van der Waals surface area contributed by atoms with Crippen molar-refractivity contribution in [2.45, 2.75) is 44.5 Å². The third kappa shape index (κ3) is 4.05. The summed E-state index contributed by atoms with van der Waals surface area (Å²) < 4.78 is 2.02. The Labute approximate surface area is 189 Å². The molecular weight excluding hydrogens is 424 g/mol. The summed E-state index contributed by atoms with van der Waals surface area (Å²) in [6.07, 6.45) is 0.575. The standard InChI is InChI=1S/C24H24N4O3S/c1-5-19(22(29)25-17-8-6-7-16(12-17)23(30)31)32-24-27-26-20-11-14(3)18-10-13(2)9-15(4)21(18)28(20)24/h6-12,19H,5H2,1-4H3,(H,25,29)(H,30,31). The van der Waals surface area contributed by atoms with Gasteiger partial charge in [-0.2, -0.15) is 0 Å². The Bertz CT molecular complexity index is 1360. The van der Waals surface area contributed by atoms with E-state index in [0.717, 1.165) is 27.7 Å². The number of nitrogens with zero attached hydrogens (tertiary/aromatic N) is 3. The molecule has 7 nitrogen and oxygen atoms in total. The summed E-state index contributed by atoms with van der Waals surface area (Å²) in [5, 5.41) is 22.1. The van der Waals surface area contributed by atoms with Crippen LogP contribution >= 0.6 is 11.8 Å². The van der Waals surface area contributed by atoms with Crippen LogP contribution in [0.3, 0.4) is 0 Å². The maximum absolute atomic E-state index is 13.0. The zero-order chi connectivity index (χ0) is 23.0. The molecule has 4 aromatic rings. The van der Waals surface area contributed by atoms with E-state index in [1.807, 2.05) is 17.4 Å². The number of carbonyl (C=O) groups excluding carboxylic acids is 1. The zero-order valence-corrected chi connectivity index (χ0v) is 19.2. The third-order valence-corrected chi connectivity index (χ3v) is 6.69. The van der Waals surface area contributed by atoms with Gasteiger partial charge in [0.05, 0.1) is 16.3 Å². The normalized spacial score (nSPS) is 12.2. The molecule has 1 unspecified atom stereocenters. The van der Waals surface area contributed by atoms with Crippen LogP contribution in [0.1, 0.15) is 40.4 Å². The van der Waals surface area contributed by atoms with E-state index in [9.17, 15) is 14.7 Å². The summed E-state index contributed by atoms with van der Waals surface area (Å²) in [5.74, 6) is -1.24. The number of carbonyl (C=O) groups is 2. The summed E-state index contributed by atoms with van der Waals surface area (Å²) in [6.45, 7) is 8.15. The van der Waals surface area contributed by atoms with Crippen molar-refractivity contribution in [3.05, 3.63) is 64.7 Å².